The van der Waals surface area contributed by atoms with Gasteiger partial charge in [0, 0.05) is 36.5 Å². The summed E-state index contributed by atoms with van der Waals surface area (Å²) >= 11 is 0. The zero-order valence-electron chi connectivity index (χ0n) is 16.2. The van der Waals surface area contributed by atoms with Gasteiger partial charge in [-0.15, -0.1) is 0 Å². The summed E-state index contributed by atoms with van der Waals surface area (Å²) in [6.07, 6.45) is 0. The number of carbonyl (C=O) groups is 3. The van der Waals surface area contributed by atoms with Crippen LogP contribution in [0.3, 0.4) is 0 Å². The van der Waals surface area contributed by atoms with Crippen molar-refractivity contribution in [2.75, 3.05) is 26.6 Å². The Kier molecular flexibility index (Phi) is 6.59. The van der Waals surface area contributed by atoms with Gasteiger partial charge in [-0.2, -0.15) is 0 Å². The van der Waals surface area contributed by atoms with E-state index in [1.54, 1.807) is 38.3 Å². The Morgan fingerprint density at radius 2 is 1.79 bits per heavy atom. The van der Waals surface area contributed by atoms with Gasteiger partial charge in [-0.05, 0) is 42.8 Å². The van der Waals surface area contributed by atoms with Crippen LogP contribution in [0, 0.1) is 6.92 Å². The molecule has 3 N–H and O–H groups in total. The van der Waals surface area contributed by atoms with Crippen molar-refractivity contribution in [1.82, 2.24) is 4.90 Å². The van der Waals surface area contributed by atoms with E-state index in [4.69, 9.17) is 15.2 Å². The first-order chi connectivity index (χ1) is 13.3. The zero-order valence-corrected chi connectivity index (χ0v) is 16.2. The van der Waals surface area contributed by atoms with Crippen molar-refractivity contribution in [1.29, 1.82) is 0 Å². The molecule has 8 nitrogen and oxygen atoms in total. The van der Waals surface area contributed by atoms with Crippen LogP contribution >= 0.6 is 0 Å². The number of methoxy groups -OCH3 is 2. The smallest absolute Gasteiger partial charge is 0.313 e. The van der Waals surface area contributed by atoms with Crippen molar-refractivity contribution in [2.45, 2.75) is 13.5 Å². The minimum atomic E-state index is -0.791. The fourth-order valence-electron chi connectivity index (χ4n) is 2.69. The summed E-state index contributed by atoms with van der Waals surface area (Å²) in [5.41, 5.74) is 7.35. The van der Waals surface area contributed by atoms with Gasteiger partial charge < -0.3 is 25.4 Å². The topological polar surface area (TPSA) is 111 Å². The van der Waals surface area contributed by atoms with E-state index < -0.39 is 17.7 Å². The summed E-state index contributed by atoms with van der Waals surface area (Å²) in [5, 5.41) is 2.53. The van der Waals surface area contributed by atoms with Crippen molar-refractivity contribution >= 4 is 23.4 Å². The number of nitrogens with one attached hydrogen (secondary N) is 1. The fraction of sp³-hybridized carbons (Fsp3) is 0.250. The molecule has 0 bridgehead atoms. The van der Waals surface area contributed by atoms with E-state index in [0.29, 0.717) is 28.3 Å². The van der Waals surface area contributed by atoms with E-state index in [2.05, 4.69) is 5.32 Å². The molecule has 2 rings (SSSR count). The number of amides is 3. The number of hydrogen-bond acceptors (Lipinski definition) is 5. The lowest BCUT2D eigenvalue weighted by atomic mass is 10.1. The highest BCUT2D eigenvalue weighted by Gasteiger charge is 2.20. The molecule has 0 aliphatic rings. The van der Waals surface area contributed by atoms with E-state index in [1.165, 1.54) is 31.2 Å². The predicted octanol–water partition coefficient (Wildman–Crippen LogP) is 1.71. The molecule has 0 aliphatic heterocycles. The van der Waals surface area contributed by atoms with E-state index in [-0.39, 0.29) is 6.54 Å². The number of ether oxygens (including phenoxy) is 2. The van der Waals surface area contributed by atoms with Gasteiger partial charge in [0.25, 0.3) is 0 Å². The second kappa shape index (κ2) is 8.90. The van der Waals surface area contributed by atoms with Crippen LogP contribution in [0.15, 0.2) is 36.4 Å². The monoisotopic (exact) mass is 385 g/mol. The quantitative estimate of drug-likeness (QED) is 0.736. The summed E-state index contributed by atoms with van der Waals surface area (Å²) in [6.45, 7) is 1.87. The third-order valence-electron chi connectivity index (χ3n) is 4.19. The highest BCUT2D eigenvalue weighted by atomic mass is 16.5. The average Bonchev–Trinajstić information content (AvgIpc) is 2.67. The number of anilines is 1. The molecule has 2 aromatic carbocycles. The first-order valence-electron chi connectivity index (χ1n) is 8.44. The number of aryl methyl sites for hydroxylation is 1. The fourth-order valence-corrected chi connectivity index (χ4v) is 2.69. The molecule has 0 aliphatic carbocycles. The minimum absolute atomic E-state index is 0.180. The Bertz CT molecular complexity index is 911. The first kappa shape index (κ1) is 20.8. The van der Waals surface area contributed by atoms with Crippen LogP contribution < -0.4 is 20.5 Å². The molecule has 28 heavy (non-hydrogen) atoms. The lowest BCUT2D eigenvalue weighted by Gasteiger charge is -2.19. The van der Waals surface area contributed by atoms with Gasteiger partial charge in [0.1, 0.15) is 11.5 Å². The molecule has 3 amide bonds. The van der Waals surface area contributed by atoms with Crippen molar-refractivity contribution in [3.05, 3.63) is 53.1 Å². The maximum Gasteiger partial charge on any atom is 0.313 e. The molecule has 8 heteroatoms. The highest BCUT2D eigenvalue weighted by Crippen LogP contribution is 2.25. The second-order valence-corrected chi connectivity index (χ2v) is 6.19. The Balaban J connectivity index is 2.08. The van der Waals surface area contributed by atoms with Crippen LogP contribution in [0.5, 0.6) is 11.5 Å². The van der Waals surface area contributed by atoms with Gasteiger partial charge in [0.2, 0.25) is 5.91 Å². The average molecular weight is 385 g/mol. The SMILES string of the molecule is COc1ccc(CN(C)C(=O)C(=O)Nc2ccc(C(N)=O)c(C)c2)c(OC)c1. The lowest BCUT2D eigenvalue weighted by Crippen LogP contribution is -2.36. The largest absolute Gasteiger partial charge is 0.497 e. The molecule has 0 spiro atoms. The van der Waals surface area contributed by atoms with Crippen molar-refractivity contribution < 1.29 is 23.9 Å². The molecule has 148 valence electrons. The molecule has 0 aromatic heterocycles. The van der Waals surface area contributed by atoms with Gasteiger partial charge in [-0.3, -0.25) is 14.4 Å². The Labute approximate surface area is 163 Å². The number of rotatable bonds is 6. The number of primary amides is 1. The van der Waals surface area contributed by atoms with Gasteiger partial charge in [0.05, 0.1) is 14.2 Å². The third-order valence-corrected chi connectivity index (χ3v) is 4.19. The van der Waals surface area contributed by atoms with Gasteiger partial charge >= 0.3 is 11.8 Å². The summed E-state index contributed by atoms with van der Waals surface area (Å²) in [7, 11) is 4.59. The summed E-state index contributed by atoms with van der Waals surface area (Å²) < 4.78 is 10.5. The molecule has 0 saturated heterocycles. The van der Waals surface area contributed by atoms with Crippen LogP contribution in [0.2, 0.25) is 0 Å². The minimum Gasteiger partial charge on any atom is -0.497 e. The second-order valence-electron chi connectivity index (χ2n) is 6.19. The maximum atomic E-state index is 12.4. The number of carbonyl (C=O) groups excluding carboxylic acids is 3. The molecule has 0 fully saturated rings. The third kappa shape index (κ3) is 4.79. The molecule has 0 radical (unpaired) electrons. The normalized spacial score (nSPS) is 10.1. The van der Waals surface area contributed by atoms with Crippen LogP contribution in [0.25, 0.3) is 0 Å². The van der Waals surface area contributed by atoms with Crippen LogP contribution in [0.4, 0.5) is 5.69 Å². The number of nitrogens with zero attached hydrogens (tertiary/aromatic N) is 1. The summed E-state index contributed by atoms with van der Waals surface area (Å²) in [5.74, 6) is -0.880. The molecule has 0 saturated carbocycles. The molecule has 0 unspecified atom stereocenters. The Morgan fingerprint density at radius 3 is 2.36 bits per heavy atom. The van der Waals surface area contributed by atoms with E-state index in [9.17, 15) is 14.4 Å². The van der Waals surface area contributed by atoms with Gasteiger partial charge in [-0.25, -0.2) is 0 Å². The van der Waals surface area contributed by atoms with Crippen molar-refractivity contribution in [2.24, 2.45) is 5.73 Å². The number of benzene rings is 2. The number of nitrogens with two attached hydrogens (primary N) is 1. The van der Waals surface area contributed by atoms with Gasteiger partial charge in [0.15, 0.2) is 0 Å². The highest BCUT2D eigenvalue weighted by molar-refractivity contribution is 6.39. The van der Waals surface area contributed by atoms with E-state index in [1.807, 2.05) is 0 Å². The Hall–Kier alpha value is -3.55. The summed E-state index contributed by atoms with van der Waals surface area (Å²) in [4.78, 5) is 37.2. The van der Waals surface area contributed by atoms with Crippen LogP contribution in [-0.2, 0) is 16.1 Å². The Morgan fingerprint density at radius 1 is 1.07 bits per heavy atom. The molecule has 0 atom stereocenters. The van der Waals surface area contributed by atoms with Crippen molar-refractivity contribution in [3.8, 4) is 11.5 Å². The molecule has 0 heterocycles. The maximum absolute atomic E-state index is 12.4. The van der Waals surface area contributed by atoms with E-state index in [0.717, 1.165) is 5.56 Å². The molecule has 2 aromatic rings. The number of hydrogen-bond donors (Lipinski definition) is 2. The van der Waals surface area contributed by atoms with Gasteiger partial charge in [-0.1, -0.05) is 0 Å². The van der Waals surface area contributed by atoms with E-state index >= 15 is 0 Å². The molecular weight excluding hydrogens is 362 g/mol. The molecular formula is C20H23N3O5. The number of likely N-dealkylation sites (N-methyl/N-ethyl adjacent to an activating group) is 1. The standard InChI is InChI=1S/C20H23N3O5/c1-12-9-14(6-8-16(12)18(21)24)22-19(25)20(26)23(2)11-13-5-7-15(27-3)10-17(13)28-4/h5-10H,11H2,1-4H3,(H2,21,24)(H,22,25). The zero-order chi connectivity index (χ0) is 20.8. The van der Waals surface area contributed by atoms with Crippen LogP contribution in [-0.4, -0.2) is 43.9 Å². The first-order valence-corrected chi connectivity index (χ1v) is 8.44. The van der Waals surface area contributed by atoms with Crippen LogP contribution in [0.1, 0.15) is 21.5 Å². The lowest BCUT2D eigenvalue weighted by molar-refractivity contribution is -0.142. The predicted molar refractivity (Wildman–Crippen MR) is 104 cm³/mol. The van der Waals surface area contributed by atoms with Crippen molar-refractivity contribution in [3.63, 3.8) is 0 Å². The summed E-state index contributed by atoms with van der Waals surface area (Å²) in [6, 6.07) is 9.83.